The normalized spacial score (nSPS) is 20.9. The molecule has 1 aromatic heterocycles. The van der Waals surface area contributed by atoms with Gasteiger partial charge < -0.3 is 10.6 Å². The van der Waals surface area contributed by atoms with E-state index in [4.69, 9.17) is 0 Å². The lowest BCUT2D eigenvalue weighted by molar-refractivity contribution is 0.0902. The van der Waals surface area contributed by atoms with Crippen LogP contribution in [0.4, 0.5) is 5.82 Å². The zero-order chi connectivity index (χ0) is 15.5. The molecule has 2 rings (SSSR count). The number of aromatic nitrogens is 1. The minimum atomic E-state index is 0.0161. The van der Waals surface area contributed by atoms with E-state index in [2.05, 4.69) is 29.5 Å². The van der Waals surface area contributed by atoms with Gasteiger partial charge in [0.05, 0.1) is 0 Å². The molecule has 1 atom stereocenters. The molecule has 1 amide bonds. The number of carbonyl (C=O) groups is 1. The molecule has 116 valence electrons. The largest absolute Gasteiger partial charge is 0.370 e. The highest BCUT2D eigenvalue weighted by molar-refractivity contribution is 5.95. The summed E-state index contributed by atoms with van der Waals surface area (Å²) in [5, 5.41) is 6.36. The van der Waals surface area contributed by atoms with Crippen LogP contribution >= 0.6 is 0 Å². The van der Waals surface area contributed by atoms with Crippen molar-refractivity contribution in [3.8, 4) is 0 Å². The Morgan fingerprint density at radius 2 is 2.19 bits per heavy atom. The molecule has 1 aliphatic carbocycles. The van der Waals surface area contributed by atoms with Crippen molar-refractivity contribution >= 4 is 11.7 Å². The number of carbonyl (C=O) groups excluding carboxylic acids is 1. The van der Waals surface area contributed by atoms with Gasteiger partial charge in [0, 0.05) is 23.8 Å². The fourth-order valence-corrected chi connectivity index (χ4v) is 3.16. The number of hydrogen-bond acceptors (Lipinski definition) is 3. The molecule has 1 heterocycles. The highest BCUT2D eigenvalue weighted by Crippen LogP contribution is 2.35. The van der Waals surface area contributed by atoms with E-state index in [1.54, 1.807) is 0 Å². The van der Waals surface area contributed by atoms with Crippen molar-refractivity contribution < 1.29 is 4.79 Å². The number of nitrogens with zero attached hydrogens (tertiary/aromatic N) is 1. The van der Waals surface area contributed by atoms with Gasteiger partial charge in [-0.25, -0.2) is 4.98 Å². The van der Waals surface area contributed by atoms with Crippen LogP contribution in [0.5, 0.6) is 0 Å². The second-order valence-electron chi connectivity index (χ2n) is 6.84. The zero-order valence-corrected chi connectivity index (χ0v) is 13.6. The van der Waals surface area contributed by atoms with E-state index in [0.29, 0.717) is 11.0 Å². The maximum atomic E-state index is 12.5. The van der Waals surface area contributed by atoms with Crippen LogP contribution in [0.3, 0.4) is 0 Å². The third kappa shape index (κ3) is 4.45. The molecule has 21 heavy (non-hydrogen) atoms. The molecule has 4 heteroatoms. The first-order valence-electron chi connectivity index (χ1n) is 7.93. The van der Waals surface area contributed by atoms with Gasteiger partial charge in [0.15, 0.2) is 0 Å². The standard InChI is InChI=1S/C17H27N3O/c1-5-18-15-10-13(9-12(2)19-15)16(21)20-14-7-6-8-17(3,4)11-14/h9-10,14H,5-8,11H2,1-4H3,(H,18,19)(H,20,21). The lowest BCUT2D eigenvalue weighted by Gasteiger charge is -2.35. The molecule has 0 aromatic carbocycles. The van der Waals surface area contributed by atoms with Gasteiger partial charge in [-0.15, -0.1) is 0 Å². The Labute approximate surface area is 127 Å². The van der Waals surface area contributed by atoms with Crippen LogP contribution in [0.2, 0.25) is 0 Å². The third-order valence-corrected chi connectivity index (χ3v) is 4.11. The Morgan fingerprint density at radius 1 is 1.43 bits per heavy atom. The first kappa shape index (κ1) is 15.8. The summed E-state index contributed by atoms with van der Waals surface area (Å²) in [5.74, 6) is 0.786. The fraction of sp³-hybridized carbons (Fsp3) is 0.647. The van der Waals surface area contributed by atoms with Gasteiger partial charge in [0.25, 0.3) is 5.91 Å². The summed E-state index contributed by atoms with van der Waals surface area (Å²) in [5.41, 5.74) is 1.89. The minimum absolute atomic E-state index is 0.0161. The SMILES string of the molecule is CCNc1cc(C(=O)NC2CCCC(C)(C)C2)cc(C)n1. The second kappa shape index (κ2) is 6.46. The van der Waals surface area contributed by atoms with Crippen LogP contribution in [0.25, 0.3) is 0 Å². The molecule has 0 aliphatic heterocycles. The van der Waals surface area contributed by atoms with Crippen LogP contribution in [0.15, 0.2) is 12.1 Å². The van der Waals surface area contributed by atoms with Gasteiger partial charge in [0.1, 0.15) is 5.82 Å². The summed E-state index contributed by atoms with van der Waals surface area (Å²) in [6.07, 6.45) is 4.58. The van der Waals surface area contributed by atoms with Gasteiger partial charge in [-0.2, -0.15) is 0 Å². The average Bonchev–Trinajstić information content (AvgIpc) is 2.37. The number of aryl methyl sites for hydroxylation is 1. The third-order valence-electron chi connectivity index (χ3n) is 4.11. The van der Waals surface area contributed by atoms with Gasteiger partial charge in [-0.3, -0.25) is 4.79 Å². The van der Waals surface area contributed by atoms with Crippen molar-refractivity contribution in [2.75, 3.05) is 11.9 Å². The van der Waals surface area contributed by atoms with E-state index < -0.39 is 0 Å². The van der Waals surface area contributed by atoms with Gasteiger partial charge in [0.2, 0.25) is 0 Å². The second-order valence-corrected chi connectivity index (χ2v) is 6.84. The highest BCUT2D eigenvalue weighted by atomic mass is 16.1. The van der Waals surface area contributed by atoms with E-state index in [-0.39, 0.29) is 11.9 Å². The average molecular weight is 289 g/mol. The summed E-state index contributed by atoms with van der Waals surface area (Å²) in [4.78, 5) is 16.9. The van der Waals surface area contributed by atoms with Crippen LogP contribution in [0.1, 0.15) is 62.5 Å². The molecular formula is C17H27N3O. The molecule has 4 nitrogen and oxygen atoms in total. The lowest BCUT2D eigenvalue weighted by atomic mass is 9.75. The molecule has 2 N–H and O–H groups in total. The quantitative estimate of drug-likeness (QED) is 0.891. The number of nitrogens with one attached hydrogen (secondary N) is 2. The molecule has 1 aliphatic rings. The Hall–Kier alpha value is -1.58. The van der Waals surface area contributed by atoms with E-state index in [9.17, 15) is 4.79 Å². The first-order chi connectivity index (χ1) is 9.89. The van der Waals surface area contributed by atoms with E-state index in [1.807, 2.05) is 26.0 Å². The Balaban J connectivity index is 2.06. The maximum Gasteiger partial charge on any atom is 0.251 e. The Bertz CT molecular complexity index is 511. The number of pyridine rings is 1. The predicted molar refractivity (Wildman–Crippen MR) is 86.6 cm³/mol. The summed E-state index contributed by atoms with van der Waals surface area (Å²) in [6.45, 7) is 9.31. The molecule has 0 radical (unpaired) electrons. The van der Waals surface area contributed by atoms with Crippen molar-refractivity contribution in [2.24, 2.45) is 5.41 Å². The summed E-state index contributed by atoms with van der Waals surface area (Å²) in [7, 11) is 0. The topological polar surface area (TPSA) is 54.0 Å². The summed E-state index contributed by atoms with van der Waals surface area (Å²) in [6, 6.07) is 3.97. The van der Waals surface area contributed by atoms with Crippen LogP contribution in [0, 0.1) is 12.3 Å². The fourth-order valence-electron chi connectivity index (χ4n) is 3.16. The molecule has 0 bridgehead atoms. The smallest absolute Gasteiger partial charge is 0.251 e. The van der Waals surface area contributed by atoms with E-state index in [0.717, 1.165) is 30.9 Å². The Kier molecular flexibility index (Phi) is 4.86. The molecule has 0 saturated heterocycles. The molecular weight excluding hydrogens is 262 g/mol. The van der Waals surface area contributed by atoms with Gasteiger partial charge in [-0.1, -0.05) is 20.3 Å². The van der Waals surface area contributed by atoms with E-state index in [1.165, 1.54) is 12.8 Å². The molecule has 1 unspecified atom stereocenters. The molecule has 1 aromatic rings. The van der Waals surface area contributed by atoms with Gasteiger partial charge in [-0.05, 0) is 50.7 Å². The predicted octanol–water partition coefficient (Wildman–Crippen LogP) is 3.52. The maximum absolute atomic E-state index is 12.5. The minimum Gasteiger partial charge on any atom is -0.370 e. The number of hydrogen-bond donors (Lipinski definition) is 2. The number of anilines is 1. The van der Waals surface area contributed by atoms with Crippen molar-refractivity contribution in [3.05, 3.63) is 23.4 Å². The van der Waals surface area contributed by atoms with Crippen molar-refractivity contribution in [1.29, 1.82) is 0 Å². The van der Waals surface area contributed by atoms with Crippen molar-refractivity contribution in [3.63, 3.8) is 0 Å². The van der Waals surface area contributed by atoms with Crippen molar-refractivity contribution in [1.82, 2.24) is 10.3 Å². The van der Waals surface area contributed by atoms with Crippen LogP contribution in [-0.2, 0) is 0 Å². The first-order valence-corrected chi connectivity index (χ1v) is 7.93. The lowest BCUT2D eigenvalue weighted by Crippen LogP contribution is -2.40. The van der Waals surface area contributed by atoms with Crippen LogP contribution in [-0.4, -0.2) is 23.5 Å². The molecule has 0 spiro atoms. The van der Waals surface area contributed by atoms with Crippen LogP contribution < -0.4 is 10.6 Å². The zero-order valence-electron chi connectivity index (χ0n) is 13.6. The monoisotopic (exact) mass is 289 g/mol. The van der Waals surface area contributed by atoms with Crippen molar-refractivity contribution in [2.45, 2.75) is 59.4 Å². The van der Waals surface area contributed by atoms with Gasteiger partial charge >= 0.3 is 0 Å². The highest BCUT2D eigenvalue weighted by Gasteiger charge is 2.29. The number of amides is 1. The number of rotatable bonds is 4. The molecule has 1 fully saturated rings. The van der Waals surface area contributed by atoms with E-state index >= 15 is 0 Å². The summed E-state index contributed by atoms with van der Waals surface area (Å²) < 4.78 is 0. The summed E-state index contributed by atoms with van der Waals surface area (Å²) >= 11 is 0. The Morgan fingerprint density at radius 3 is 2.86 bits per heavy atom. The molecule has 1 saturated carbocycles.